The number of piperidine rings is 1. The molecule has 27 heavy (non-hydrogen) atoms. The number of rotatable bonds is 6. The van der Waals surface area contributed by atoms with Gasteiger partial charge in [-0.1, -0.05) is 57.5 Å². The Labute approximate surface area is 171 Å². The van der Waals surface area contributed by atoms with Crippen molar-refractivity contribution in [2.45, 2.75) is 65.2 Å². The lowest BCUT2D eigenvalue weighted by Gasteiger charge is -2.28. The first-order valence-corrected chi connectivity index (χ1v) is 10.6. The predicted octanol–water partition coefficient (Wildman–Crippen LogP) is 5.80. The number of hydrogen-bond acceptors (Lipinski definition) is 2. The first-order valence-electron chi connectivity index (χ1n) is 10.6. The minimum Gasteiger partial charge on any atom is -0.303 e. The summed E-state index contributed by atoms with van der Waals surface area (Å²) in [6, 6.07) is 8.98. The molecule has 1 aromatic rings. The van der Waals surface area contributed by atoms with Crippen LogP contribution in [0.3, 0.4) is 0 Å². The molecule has 3 heteroatoms. The molecule has 1 aliphatic heterocycles. The van der Waals surface area contributed by atoms with Gasteiger partial charge in [0.1, 0.15) is 0 Å². The van der Waals surface area contributed by atoms with E-state index >= 15 is 0 Å². The van der Waals surface area contributed by atoms with Crippen molar-refractivity contribution >= 4 is 18.2 Å². The maximum absolute atomic E-state index is 12.8. The summed E-state index contributed by atoms with van der Waals surface area (Å²) in [6.07, 6.45) is 9.32. The second-order valence-electron chi connectivity index (χ2n) is 8.78. The van der Waals surface area contributed by atoms with Gasteiger partial charge in [-0.15, -0.1) is 12.4 Å². The molecule has 0 aromatic heterocycles. The smallest absolute Gasteiger partial charge is 0.162 e. The Morgan fingerprint density at radius 1 is 1.07 bits per heavy atom. The second kappa shape index (κ2) is 10.4. The van der Waals surface area contributed by atoms with Gasteiger partial charge in [-0.25, -0.2) is 0 Å². The quantitative estimate of drug-likeness (QED) is 0.573. The van der Waals surface area contributed by atoms with Crippen LogP contribution in [0.15, 0.2) is 35.9 Å². The van der Waals surface area contributed by atoms with Crippen LogP contribution in [0.4, 0.5) is 0 Å². The predicted molar refractivity (Wildman–Crippen MR) is 117 cm³/mol. The van der Waals surface area contributed by atoms with E-state index in [4.69, 9.17) is 0 Å². The molecule has 1 saturated carbocycles. The number of ketones is 1. The molecule has 1 heterocycles. The average Bonchev–Trinajstić information content (AvgIpc) is 2.96. The van der Waals surface area contributed by atoms with Crippen molar-refractivity contribution in [3.8, 4) is 0 Å². The van der Waals surface area contributed by atoms with Gasteiger partial charge in [0.2, 0.25) is 0 Å². The number of hydrogen-bond donors (Lipinski definition) is 0. The van der Waals surface area contributed by atoms with Crippen molar-refractivity contribution in [1.82, 2.24) is 4.90 Å². The first kappa shape index (κ1) is 22.2. The third-order valence-electron chi connectivity index (χ3n) is 5.98. The highest BCUT2D eigenvalue weighted by Gasteiger charge is 2.31. The topological polar surface area (TPSA) is 20.3 Å². The van der Waals surface area contributed by atoms with Crippen LogP contribution in [-0.2, 0) is 11.2 Å². The highest BCUT2D eigenvalue weighted by Crippen LogP contribution is 2.31. The summed E-state index contributed by atoms with van der Waals surface area (Å²) in [5, 5.41) is 0. The highest BCUT2D eigenvalue weighted by atomic mass is 35.5. The Kier molecular flexibility index (Phi) is 8.57. The SMILES string of the molecule is CC(C)Cc1ccc(C(C)/C=C2\CCC(CN3CCCCC3)C2=O)cc1.Cl. The average molecular weight is 390 g/mol. The third-order valence-corrected chi connectivity index (χ3v) is 5.98. The number of carbonyl (C=O) groups excluding carboxylic acids is 1. The lowest BCUT2D eigenvalue weighted by atomic mass is 9.94. The van der Waals surface area contributed by atoms with Gasteiger partial charge in [0.05, 0.1) is 0 Å². The fraction of sp³-hybridized carbons (Fsp3) is 0.625. The Hall–Kier alpha value is -1.12. The number of carbonyl (C=O) groups is 1. The molecular weight excluding hydrogens is 354 g/mol. The number of halogens is 1. The summed E-state index contributed by atoms with van der Waals surface area (Å²) in [7, 11) is 0. The molecule has 2 fully saturated rings. The molecule has 150 valence electrons. The summed E-state index contributed by atoms with van der Waals surface area (Å²) < 4.78 is 0. The van der Waals surface area contributed by atoms with Crippen molar-refractivity contribution in [3.05, 3.63) is 47.0 Å². The molecule has 1 saturated heterocycles. The zero-order valence-electron chi connectivity index (χ0n) is 17.2. The molecule has 0 bridgehead atoms. The second-order valence-corrected chi connectivity index (χ2v) is 8.78. The zero-order valence-corrected chi connectivity index (χ0v) is 18.1. The molecule has 1 aromatic carbocycles. The van der Waals surface area contributed by atoms with E-state index in [2.05, 4.69) is 56.0 Å². The van der Waals surface area contributed by atoms with Gasteiger partial charge in [0, 0.05) is 12.5 Å². The Bertz CT molecular complexity index is 628. The number of benzene rings is 1. The number of allylic oxidation sites excluding steroid dienone is 2. The van der Waals surface area contributed by atoms with Gasteiger partial charge in [-0.2, -0.15) is 0 Å². The molecular formula is C24H36ClNO. The molecule has 0 amide bonds. The normalized spacial score (nSPS) is 23.6. The third kappa shape index (κ3) is 6.19. The van der Waals surface area contributed by atoms with E-state index < -0.39 is 0 Å². The largest absolute Gasteiger partial charge is 0.303 e. The van der Waals surface area contributed by atoms with Gasteiger partial charge >= 0.3 is 0 Å². The molecule has 2 unspecified atom stereocenters. The molecule has 2 nitrogen and oxygen atoms in total. The monoisotopic (exact) mass is 389 g/mol. The van der Waals surface area contributed by atoms with E-state index in [1.165, 1.54) is 43.5 Å². The van der Waals surface area contributed by atoms with E-state index in [1.54, 1.807) is 0 Å². The van der Waals surface area contributed by atoms with Gasteiger partial charge in [-0.05, 0) is 73.7 Å². The molecule has 3 rings (SSSR count). The first-order chi connectivity index (χ1) is 12.5. The van der Waals surface area contributed by atoms with Crippen LogP contribution >= 0.6 is 12.4 Å². The highest BCUT2D eigenvalue weighted by molar-refractivity contribution is 5.99. The lowest BCUT2D eigenvalue weighted by Crippen LogP contribution is -2.35. The van der Waals surface area contributed by atoms with Crippen LogP contribution in [0.2, 0.25) is 0 Å². The van der Waals surface area contributed by atoms with Crippen LogP contribution in [0.25, 0.3) is 0 Å². The molecule has 0 N–H and O–H groups in total. The number of Topliss-reactive ketones (excluding diaryl/α,β-unsaturated/α-hetero) is 1. The summed E-state index contributed by atoms with van der Waals surface area (Å²) in [5.41, 5.74) is 3.80. The Morgan fingerprint density at radius 3 is 2.37 bits per heavy atom. The van der Waals surface area contributed by atoms with Crippen LogP contribution < -0.4 is 0 Å². The fourth-order valence-corrected chi connectivity index (χ4v) is 4.47. The van der Waals surface area contributed by atoms with E-state index in [0.29, 0.717) is 17.6 Å². The minimum atomic E-state index is 0. The van der Waals surface area contributed by atoms with Crippen molar-refractivity contribution in [2.75, 3.05) is 19.6 Å². The van der Waals surface area contributed by atoms with Gasteiger partial charge in [-0.3, -0.25) is 4.79 Å². The van der Waals surface area contributed by atoms with Crippen LogP contribution in [0, 0.1) is 11.8 Å². The molecule has 2 atom stereocenters. The van der Waals surface area contributed by atoms with E-state index in [0.717, 1.165) is 31.4 Å². The van der Waals surface area contributed by atoms with E-state index in [1.807, 2.05) is 0 Å². The summed E-state index contributed by atoms with van der Waals surface area (Å²) in [4.78, 5) is 15.3. The summed E-state index contributed by atoms with van der Waals surface area (Å²) in [6.45, 7) is 10.1. The number of likely N-dealkylation sites (tertiary alicyclic amines) is 1. The van der Waals surface area contributed by atoms with Crippen molar-refractivity contribution in [3.63, 3.8) is 0 Å². The lowest BCUT2D eigenvalue weighted by molar-refractivity contribution is -0.118. The van der Waals surface area contributed by atoms with Gasteiger partial charge in [0.25, 0.3) is 0 Å². The maximum Gasteiger partial charge on any atom is 0.162 e. The summed E-state index contributed by atoms with van der Waals surface area (Å²) in [5.74, 6) is 1.66. The maximum atomic E-state index is 12.8. The van der Waals surface area contributed by atoms with Crippen LogP contribution in [-0.4, -0.2) is 30.3 Å². The molecule has 0 spiro atoms. The van der Waals surface area contributed by atoms with E-state index in [9.17, 15) is 4.79 Å². The zero-order chi connectivity index (χ0) is 18.5. The van der Waals surface area contributed by atoms with Crippen molar-refractivity contribution < 1.29 is 4.79 Å². The number of nitrogens with zero attached hydrogens (tertiary/aromatic N) is 1. The van der Waals surface area contributed by atoms with Gasteiger partial charge in [0.15, 0.2) is 5.78 Å². The van der Waals surface area contributed by atoms with E-state index in [-0.39, 0.29) is 18.3 Å². The van der Waals surface area contributed by atoms with Gasteiger partial charge < -0.3 is 4.90 Å². The summed E-state index contributed by atoms with van der Waals surface area (Å²) >= 11 is 0. The van der Waals surface area contributed by atoms with Crippen molar-refractivity contribution in [1.29, 1.82) is 0 Å². The van der Waals surface area contributed by atoms with Crippen molar-refractivity contribution in [2.24, 2.45) is 11.8 Å². The molecule has 0 radical (unpaired) electrons. The van der Waals surface area contributed by atoms with Crippen LogP contribution in [0.1, 0.15) is 69.9 Å². The molecule has 1 aliphatic carbocycles. The minimum absolute atomic E-state index is 0. The Balaban J connectivity index is 0.00000261. The standard InChI is InChI=1S/C24H35NO.ClH/c1-18(2)15-20-7-9-21(10-8-20)19(3)16-22-11-12-23(24(22)26)17-25-13-5-4-6-14-25;/h7-10,16,18-19,23H,4-6,11-15,17H2,1-3H3;1H/b22-16+;. The molecule has 2 aliphatic rings. The Morgan fingerprint density at radius 2 is 1.74 bits per heavy atom. The fourth-order valence-electron chi connectivity index (χ4n) is 4.47. The van der Waals surface area contributed by atoms with Crippen LogP contribution in [0.5, 0.6) is 0 Å².